The van der Waals surface area contributed by atoms with Gasteiger partial charge in [0, 0.05) is 0 Å². The Hall–Kier alpha value is -1.39. The SMILES string of the molecule is CC(C)(C)c1ccccc1C(=O)OOO. The van der Waals surface area contributed by atoms with E-state index in [1.807, 2.05) is 32.9 Å². The summed E-state index contributed by atoms with van der Waals surface area (Å²) in [7, 11) is 0. The fourth-order valence-electron chi connectivity index (χ4n) is 1.39. The monoisotopic (exact) mass is 210 g/mol. The topological polar surface area (TPSA) is 55.8 Å². The van der Waals surface area contributed by atoms with Crippen LogP contribution in [0.1, 0.15) is 36.7 Å². The molecule has 15 heavy (non-hydrogen) atoms. The Labute approximate surface area is 88.3 Å². The van der Waals surface area contributed by atoms with Crippen LogP contribution in [0.4, 0.5) is 0 Å². The molecule has 82 valence electrons. The molecule has 0 unspecified atom stereocenters. The van der Waals surface area contributed by atoms with Gasteiger partial charge in [0.25, 0.3) is 0 Å². The molecule has 0 atom stereocenters. The van der Waals surface area contributed by atoms with Crippen LogP contribution in [0.2, 0.25) is 0 Å². The zero-order valence-electron chi connectivity index (χ0n) is 8.98. The minimum atomic E-state index is -0.706. The standard InChI is InChI=1S/C11H14O4/c1-11(2,3)9-7-5-4-6-8(9)10(12)14-15-13/h4-7,13H,1-3H3. The Bertz CT molecular complexity index is 352. The highest BCUT2D eigenvalue weighted by molar-refractivity contribution is 5.91. The van der Waals surface area contributed by atoms with Crippen molar-refractivity contribution in [2.24, 2.45) is 0 Å². The molecule has 0 amide bonds. The molecule has 0 fully saturated rings. The van der Waals surface area contributed by atoms with Crippen molar-refractivity contribution in [2.75, 3.05) is 0 Å². The van der Waals surface area contributed by atoms with Crippen molar-refractivity contribution < 1.29 is 20.0 Å². The summed E-state index contributed by atoms with van der Waals surface area (Å²) in [6.07, 6.45) is 0. The maximum absolute atomic E-state index is 11.4. The van der Waals surface area contributed by atoms with Crippen LogP contribution in [0, 0.1) is 0 Å². The largest absolute Gasteiger partial charge is 0.376 e. The minimum absolute atomic E-state index is 0.176. The molecule has 1 aromatic rings. The predicted octanol–water partition coefficient (Wildman–Crippen LogP) is 2.55. The van der Waals surface area contributed by atoms with Gasteiger partial charge in [0.2, 0.25) is 0 Å². The molecule has 0 aromatic heterocycles. The van der Waals surface area contributed by atoms with Gasteiger partial charge in [-0.15, -0.1) is 0 Å². The average molecular weight is 210 g/mol. The van der Waals surface area contributed by atoms with Gasteiger partial charge >= 0.3 is 5.97 Å². The first kappa shape index (κ1) is 11.7. The lowest BCUT2D eigenvalue weighted by atomic mass is 9.84. The highest BCUT2D eigenvalue weighted by Crippen LogP contribution is 2.26. The van der Waals surface area contributed by atoms with Gasteiger partial charge in [0.15, 0.2) is 0 Å². The molecule has 0 spiro atoms. The molecule has 0 saturated heterocycles. The van der Waals surface area contributed by atoms with E-state index in [0.29, 0.717) is 5.56 Å². The first-order valence-electron chi connectivity index (χ1n) is 4.58. The Morgan fingerprint density at radius 3 is 2.40 bits per heavy atom. The quantitative estimate of drug-likeness (QED) is 0.602. The summed E-state index contributed by atoms with van der Waals surface area (Å²) in [4.78, 5) is 15.5. The van der Waals surface area contributed by atoms with Crippen molar-refractivity contribution in [2.45, 2.75) is 26.2 Å². The van der Waals surface area contributed by atoms with Crippen LogP contribution in [0.15, 0.2) is 24.3 Å². The fraction of sp³-hybridized carbons (Fsp3) is 0.364. The molecule has 0 aliphatic rings. The molecule has 0 aliphatic carbocycles. The summed E-state index contributed by atoms with van der Waals surface area (Å²) in [5, 5.41) is 11.4. The average Bonchev–Trinajstić information content (AvgIpc) is 2.17. The van der Waals surface area contributed by atoms with Crippen molar-refractivity contribution in [3.63, 3.8) is 0 Å². The molecular weight excluding hydrogens is 196 g/mol. The summed E-state index contributed by atoms with van der Waals surface area (Å²) < 4.78 is 0. The number of hydrogen-bond donors (Lipinski definition) is 1. The lowest BCUT2D eigenvalue weighted by Crippen LogP contribution is -2.18. The van der Waals surface area contributed by atoms with Crippen molar-refractivity contribution in [1.29, 1.82) is 0 Å². The van der Waals surface area contributed by atoms with E-state index in [-0.39, 0.29) is 5.41 Å². The Morgan fingerprint density at radius 2 is 1.87 bits per heavy atom. The number of benzene rings is 1. The first-order valence-corrected chi connectivity index (χ1v) is 4.58. The zero-order chi connectivity index (χ0) is 11.5. The van der Waals surface area contributed by atoms with E-state index >= 15 is 0 Å². The van der Waals surface area contributed by atoms with Crippen LogP contribution in [0.5, 0.6) is 0 Å². The van der Waals surface area contributed by atoms with E-state index < -0.39 is 5.97 Å². The van der Waals surface area contributed by atoms with Crippen LogP contribution in [-0.4, -0.2) is 11.2 Å². The van der Waals surface area contributed by atoms with Gasteiger partial charge in [-0.3, -0.25) is 4.89 Å². The van der Waals surface area contributed by atoms with Crippen LogP contribution >= 0.6 is 0 Å². The molecule has 0 saturated carbocycles. The third kappa shape index (κ3) is 2.78. The second kappa shape index (κ2) is 4.42. The summed E-state index contributed by atoms with van der Waals surface area (Å²) in [6.45, 7) is 5.96. The summed E-state index contributed by atoms with van der Waals surface area (Å²) >= 11 is 0. The van der Waals surface area contributed by atoms with Gasteiger partial charge in [-0.2, -0.15) is 0 Å². The summed E-state index contributed by atoms with van der Waals surface area (Å²) in [6, 6.07) is 7.04. The van der Waals surface area contributed by atoms with E-state index in [0.717, 1.165) is 5.56 Å². The van der Waals surface area contributed by atoms with Gasteiger partial charge < -0.3 is 0 Å². The van der Waals surface area contributed by atoms with E-state index in [4.69, 9.17) is 5.26 Å². The Morgan fingerprint density at radius 1 is 1.27 bits per heavy atom. The van der Waals surface area contributed by atoms with Crippen LogP contribution in [-0.2, 0) is 15.3 Å². The Kier molecular flexibility index (Phi) is 3.44. The van der Waals surface area contributed by atoms with Gasteiger partial charge in [-0.05, 0) is 22.1 Å². The van der Waals surface area contributed by atoms with Gasteiger partial charge in [0.05, 0.1) is 5.56 Å². The van der Waals surface area contributed by atoms with Crippen LogP contribution in [0.3, 0.4) is 0 Å². The van der Waals surface area contributed by atoms with Crippen LogP contribution in [0.25, 0.3) is 0 Å². The molecule has 1 N–H and O–H groups in total. The fourth-order valence-corrected chi connectivity index (χ4v) is 1.39. The molecule has 0 heterocycles. The molecule has 0 bridgehead atoms. The zero-order valence-corrected chi connectivity index (χ0v) is 8.98. The van der Waals surface area contributed by atoms with Crippen molar-refractivity contribution >= 4 is 5.97 Å². The Balaban J connectivity index is 3.12. The molecule has 1 aromatic carbocycles. The summed E-state index contributed by atoms with van der Waals surface area (Å²) in [5.41, 5.74) is 1.05. The normalized spacial score (nSPS) is 11.2. The van der Waals surface area contributed by atoms with Gasteiger partial charge in [-0.25, -0.2) is 10.1 Å². The third-order valence-electron chi connectivity index (χ3n) is 2.07. The number of rotatable bonds is 2. The molecule has 0 aliphatic heterocycles. The maximum Gasteiger partial charge on any atom is 0.376 e. The lowest BCUT2D eigenvalue weighted by Gasteiger charge is -2.21. The van der Waals surface area contributed by atoms with E-state index in [1.165, 1.54) is 0 Å². The van der Waals surface area contributed by atoms with Crippen molar-refractivity contribution in [3.8, 4) is 0 Å². The number of carbonyl (C=O) groups is 1. The molecule has 4 nitrogen and oxygen atoms in total. The summed E-state index contributed by atoms with van der Waals surface area (Å²) in [5.74, 6) is -0.706. The lowest BCUT2D eigenvalue weighted by molar-refractivity contribution is -0.455. The maximum atomic E-state index is 11.4. The van der Waals surface area contributed by atoms with Crippen molar-refractivity contribution in [1.82, 2.24) is 0 Å². The number of carbonyl (C=O) groups excluding carboxylic acids is 1. The first-order chi connectivity index (χ1) is 6.96. The number of hydrogen-bond acceptors (Lipinski definition) is 4. The molecular formula is C11H14O4. The smallest absolute Gasteiger partial charge is 0.263 e. The van der Waals surface area contributed by atoms with Gasteiger partial charge in [0.1, 0.15) is 0 Å². The van der Waals surface area contributed by atoms with E-state index in [9.17, 15) is 4.79 Å². The highest BCUT2D eigenvalue weighted by atomic mass is 17.5. The molecule has 4 heteroatoms. The van der Waals surface area contributed by atoms with Crippen LogP contribution < -0.4 is 0 Å². The molecule has 1 rings (SSSR count). The highest BCUT2D eigenvalue weighted by Gasteiger charge is 2.22. The van der Waals surface area contributed by atoms with Crippen molar-refractivity contribution in [3.05, 3.63) is 35.4 Å². The second-order valence-electron chi connectivity index (χ2n) is 4.24. The van der Waals surface area contributed by atoms with E-state index in [2.05, 4.69) is 9.93 Å². The van der Waals surface area contributed by atoms with E-state index in [1.54, 1.807) is 12.1 Å². The third-order valence-corrected chi connectivity index (χ3v) is 2.07. The minimum Gasteiger partial charge on any atom is -0.263 e. The van der Waals surface area contributed by atoms with Gasteiger partial charge in [-0.1, -0.05) is 39.0 Å². The second-order valence-corrected chi connectivity index (χ2v) is 4.24. The molecule has 0 radical (unpaired) electrons. The predicted molar refractivity (Wildman–Crippen MR) is 54.3 cm³/mol.